The van der Waals surface area contributed by atoms with Crippen LogP contribution < -0.4 is 21.3 Å². The highest BCUT2D eigenvalue weighted by Gasteiger charge is 2.48. The first-order chi connectivity index (χ1) is 39.8. The van der Waals surface area contributed by atoms with Crippen molar-refractivity contribution in [3.05, 3.63) is 0 Å². The third-order valence-electron chi connectivity index (χ3n) is 16.6. The quantitative estimate of drug-likeness (QED) is 0.182. The molecule has 4 N–H and O–H groups in total. The van der Waals surface area contributed by atoms with E-state index in [1.807, 2.05) is 62.3 Å². The first-order valence-electron chi connectivity index (χ1n) is 30.9. The molecule has 2 rings (SSSR count). The van der Waals surface area contributed by atoms with Crippen molar-refractivity contribution in [1.82, 2.24) is 55.6 Å². The molecule has 86 heavy (non-hydrogen) atoms. The fourth-order valence-corrected chi connectivity index (χ4v) is 11.5. The van der Waals surface area contributed by atoms with E-state index in [0.717, 1.165) is 4.90 Å². The zero-order valence-electron chi connectivity index (χ0n) is 56.1. The lowest BCUT2D eigenvalue weighted by atomic mass is 9.92. The van der Waals surface area contributed by atoms with Crippen LogP contribution in [0, 0.1) is 41.4 Å². The second-order valence-electron chi connectivity index (χ2n) is 26.7. The molecule has 2 heterocycles. The summed E-state index contributed by atoms with van der Waals surface area (Å²) in [5, 5.41) is 11.1. The molecule has 0 saturated carbocycles. The predicted octanol–water partition coefficient (Wildman–Crippen LogP) is 2.69. The largest absolute Gasteiger partial charge is 0.372 e. The van der Waals surface area contributed by atoms with E-state index in [1.54, 1.807) is 34.6 Å². The van der Waals surface area contributed by atoms with Gasteiger partial charge in [-0.2, -0.15) is 0 Å². The van der Waals surface area contributed by atoms with E-state index < -0.39 is 156 Å². The predicted molar refractivity (Wildman–Crippen MR) is 327 cm³/mol. The van der Waals surface area contributed by atoms with Gasteiger partial charge < -0.3 is 65.1 Å². The van der Waals surface area contributed by atoms with Crippen LogP contribution in [0.15, 0.2) is 0 Å². The molecule has 2 fully saturated rings. The van der Waals surface area contributed by atoms with E-state index >= 15 is 14.4 Å². The summed E-state index contributed by atoms with van der Waals surface area (Å²) in [4.78, 5) is 181. The number of hydrogen-bond acceptors (Lipinski definition) is 13. The smallest absolute Gasteiger partial charge is 0.246 e. The van der Waals surface area contributed by atoms with Crippen LogP contribution in [0.25, 0.3) is 0 Å². The maximum atomic E-state index is 15.3. The van der Waals surface area contributed by atoms with Crippen molar-refractivity contribution >= 4 is 71.3 Å². The lowest BCUT2D eigenvalue weighted by molar-refractivity contribution is -0.158. The Morgan fingerprint density at radius 1 is 0.477 bits per heavy atom. The number of carbonyl (C=O) groups excluding carboxylic acids is 12. The maximum Gasteiger partial charge on any atom is 0.246 e. The number of ether oxygens (including phenoxy) is 1. The lowest BCUT2D eigenvalue weighted by Crippen LogP contribution is -2.63. The molecule has 0 aromatic rings. The Balaban J connectivity index is 2.97. The first-order valence-corrected chi connectivity index (χ1v) is 30.9. The van der Waals surface area contributed by atoms with Crippen molar-refractivity contribution < 1.29 is 62.3 Å². The number of nitrogens with zero attached hydrogens (tertiary/aromatic N) is 7. The summed E-state index contributed by atoms with van der Waals surface area (Å²) in [6, 6.07) is -12.1. The number of likely N-dealkylation sites (N-methyl/N-ethyl adjacent to an activating group) is 7. The molecule has 24 heteroatoms. The van der Waals surface area contributed by atoms with Gasteiger partial charge in [0.05, 0.1) is 18.8 Å². The molecule has 2 aliphatic rings. The van der Waals surface area contributed by atoms with Crippen molar-refractivity contribution in [1.29, 1.82) is 0 Å². The number of nitrogens with one attached hydrogen (secondary N) is 4. The number of aldehydes is 1. The van der Waals surface area contributed by atoms with Crippen LogP contribution in [-0.2, 0) is 62.3 Å². The van der Waals surface area contributed by atoms with Gasteiger partial charge in [0, 0.05) is 55.8 Å². The summed E-state index contributed by atoms with van der Waals surface area (Å²) in [6.45, 7) is 27.7. The van der Waals surface area contributed by atoms with Gasteiger partial charge in [-0.1, -0.05) is 96.9 Å². The van der Waals surface area contributed by atoms with Crippen molar-refractivity contribution in [2.24, 2.45) is 41.4 Å². The molecule has 11 amide bonds. The van der Waals surface area contributed by atoms with Gasteiger partial charge in [-0.25, -0.2) is 0 Å². The molecule has 1 unspecified atom stereocenters. The number of rotatable bonds is 14. The topological polar surface area (TPSA) is 285 Å². The van der Waals surface area contributed by atoms with E-state index in [9.17, 15) is 43.2 Å². The summed E-state index contributed by atoms with van der Waals surface area (Å²) in [5.41, 5.74) is 0. The zero-order valence-corrected chi connectivity index (χ0v) is 56.1. The Bertz CT molecular complexity index is 2380. The SMILES string of the molecule is CC[C@@H]1NC(=O)[C@H]([C@@H]2OC(CC=O)C[C@H]2C)N(C)C(=O)[C@H](C(C)C)N(C)C(=O)[C@H](CC(C)C)N(C)C(=O)[C@H](CC(C)C)N(C)C(=O)[C@@H](C)NC(=O)[C@H](C)NC(=O)[C@H](CC(C)C)N(C)C(=O)[C@H](C(C)C)NC(=O)[C@H](CC(C)C)N(C)C(=O)CN(C)C1=O. The molecule has 24 nitrogen and oxygen atoms in total. The van der Waals surface area contributed by atoms with Crippen molar-refractivity contribution in [2.75, 3.05) is 55.9 Å². The Morgan fingerprint density at radius 3 is 1.38 bits per heavy atom. The van der Waals surface area contributed by atoms with Crippen LogP contribution in [0.3, 0.4) is 0 Å². The van der Waals surface area contributed by atoms with Crippen molar-refractivity contribution in [3.63, 3.8) is 0 Å². The summed E-state index contributed by atoms with van der Waals surface area (Å²) < 4.78 is 6.38. The van der Waals surface area contributed by atoms with Gasteiger partial charge in [-0.3, -0.25) is 52.7 Å². The second-order valence-corrected chi connectivity index (χ2v) is 26.7. The zero-order chi connectivity index (χ0) is 66.3. The molecular weight excluding hydrogens is 1110 g/mol. The summed E-state index contributed by atoms with van der Waals surface area (Å²) in [5.74, 6) is -9.26. The third-order valence-corrected chi connectivity index (χ3v) is 16.6. The maximum absolute atomic E-state index is 15.3. The van der Waals surface area contributed by atoms with Gasteiger partial charge in [0.15, 0.2) is 0 Å². The van der Waals surface area contributed by atoms with Crippen LogP contribution >= 0.6 is 0 Å². The average Bonchev–Trinajstić information content (AvgIpc) is 1.54. The van der Waals surface area contributed by atoms with Crippen molar-refractivity contribution in [2.45, 2.75) is 228 Å². The molecule has 2 aliphatic heterocycles. The minimum atomic E-state index is -1.41. The molecule has 0 bridgehead atoms. The fraction of sp³-hybridized carbons (Fsp3) is 0.806. The van der Waals surface area contributed by atoms with E-state index in [-0.39, 0.29) is 68.1 Å². The Kier molecular flexibility index (Phi) is 29.8. The van der Waals surface area contributed by atoms with Gasteiger partial charge in [0.25, 0.3) is 0 Å². The van der Waals surface area contributed by atoms with E-state index in [0.29, 0.717) is 12.7 Å². The Hall–Kier alpha value is -6.20. The van der Waals surface area contributed by atoms with Gasteiger partial charge in [0.2, 0.25) is 65.0 Å². The molecule has 2 saturated heterocycles. The molecule has 13 atom stereocenters. The molecule has 0 aromatic heterocycles. The van der Waals surface area contributed by atoms with Crippen LogP contribution in [-0.4, -0.2) is 234 Å². The molecular formula is C62H109N11O13. The molecule has 0 aliphatic carbocycles. The van der Waals surface area contributed by atoms with E-state index in [4.69, 9.17) is 4.74 Å². The monoisotopic (exact) mass is 1220 g/mol. The second kappa shape index (κ2) is 33.8. The average molecular weight is 1220 g/mol. The number of carbonyl (C=O) groups is 12. The normalized spacial score (nSPS) is 29.3. The molecule has 490 valence electrons. The van der Waals surface area contributed by atoms with Gasteiger partial charge in [0.1, 0.15) is 66.7 Å². The molecule has 0 radical (unpaired) electrons. The standard InChI is InChI=1S/C62H109N11O13/c1-24-43-58(81)67(17)32-48(75)68(18)44(27-33(2)3)55(78)66-49(37(10)11)61(84)69(19)45(28-34(4)5)54(77)63-40(15)53(76)64-41(16)57(80)70(20)46(29-35(6)7)59(82)71(21)47(30-36(8)9)60(83)72(22)50(38(12)13)62(85)73(23)51(56(79)65-43)52-39(14)31-42(86-52)25-26-74/h26,33-47,49-52H,24-25,27-32H2,1-23H3,(H,63,77)(H,64,76)(H,65,79)(H,66,78)/t39-,40+,41-,42?,43+,44+,45+,46+,47+,49+,50+,51+,52-/m1/s1. The highest BCUT2D eigenvalue weighted by Crippen LogP contribution is 2.33. The highest BCUT2D eigenvalue weighted by molar-refractivity contribution is 5.99. The number of hydrogen-bond donors (Lipinski definition) is 4. The highest BCUT2D eigenvalue weighted by atomic mass is 16.5. The fourth-order valence-electron chi connectivity index (χ4n) is 11.5. The van der Waals surface area contributed by atoms with E-state index in [2.05, 4.69) is 21.3 Å². The van der Waals surface area contributed by atoms with Crippen LogP contribution in [0.5, 0.6) is 0 Å². The van der Waals surface area contributed by atoms with Gasteiger partial charge >= 0.3 is 0 Å². The van der Waals surface area contributed by atoms with Gasteiger partial charge in [-0.05, 0) is 93.8 Å². The first kappa shape index (κ1) is 75.9. The Labute approximate surface area is 513 Å². The van der Waals surface area contributed by atoms with Crippen LogP contribution in [0.4, 0.5) is 0 Å². The minimum absolute atomic E-state index is 0.0224. The lowest BCUT2D eigenvalue weighted by Gasteiger charge is -2.41. The van der Waals surface area contributed by atoms with Crippen LogP contribution in [0.2, 0.25) is 0 Å². The molecule has 0 spiro atoms. The summed E-state index contributed by atoms with van der Waals surface area (Å²) in [7, 11) is 10.0. The third kappa shape index (κ3) is 20.2. The van der Waals surface area contributed by atoms with E-state index in [1.165, 1.54) is 92.6 Å². The summed E-state index contributed by atoms with van der Waals surface area (Å²) >= 11 is 0. The Morgan fingerprint density at radius 2 is 0.919 bits per heavy atom. The van der Waals surface area contributed by atoms with Crippen molar-refractivity contribution in [3.8, 4) is 0 Å². The molecule has 0 aromatic carbocycles. The minimum Gasteiger partial charge on any atom is -0.372 e. The van der Waals surface area contributed by atoms with Crippen LogP contribution in [0.1, 0.15) is 156 Å². The number of amides is 11. The van der Waals surface area contributed by atoms with Gasteiger partial charge in [-0.15, -0.1) is 0 Å². The summed E-state index contributed by atoms with van der Waals surface area (Å²) in [6.07, 6.45) is 0.202.